The van der Waals surface area contributed by atoms with Gasteiger partial charge in [0.2, 0.25) is 0 Å². The first-order valence-electron chi connectivity index (χ1n) is 9.41. The lowest BCUT2D eigenvalue weighted by molar-refractivity contribution is 0.265. The monoisotopic (exact) mass is 474 g/mol. The Labute approximate surface area is 174 Å². The average molecular weight is 474 g/mol. The van der Waals surface area contributed by atoms with Gasteiger partial charge in [0.1, 0.15) is 5.82 Å². The van der Waals surface area contributed by atoms with Gasteiger partial charge in [-0.05, 0) is 50.3 Å². The Morgan fingerprint density at radius 3 is 2.62 bits per heavy atom. The number of nitrogens with one attached hydrogen (secondary N) is 2. The molecule has 0 radical (unpaired) electrons. The van der Waals surface area contributed by atoms with Crippen molar-refractivity contribution in [1.82, 2.24) is 15.5 Å². The zero-order valence-electron chi connectivity index (χ0n) is 16.3. The van der Waals surface area contributed by atoms with Gasteiger partial charge in [-0.3, -0.25) is 9.89 Å². The van der Waals surface area contributed by atoms with Gasteiger partial charge in [0.05, 0.1) is 0 Å². The van der Waals surface area contributed by atoms with E-state index in [1.807, 2.05) is 13.1 Å². The molecule has 2 aliphatic rings. The van der Waals surface area contributed by atoms with Gasteiger partial charge in [-0.25, -0.2) is 4.39 Å². The fraction of sp³-hybridized carbons (Fsp3) is 0.650. The van der Waals surface area contributed by atoms with Crippen molar-refractivity contribution in [3.63, 3.8) is 0 Å². The maximum Gasteiger partial charge on any atom is 0.191 e. The molecule has 1 aliphatic heterocycles. The third-order valence-corrected chi connectivity index (χ3v) is 5.80. The molecule has 1 aliphatic carbocycles. The van der Waals surface area contributed by atoms with Crippen LogP contribution in [-0.4, -0.2) is 49.6 Å². The number of hydrogen-bond donors (Lipinski definition) is 2. The second-order valence-electron chi connectivity index (χ2n) is 7.99. The third kappa shape index (κ3) is 4.88. The van der Waals surface area contributed by atoms with Crippen LogP contribution in [0.5, 0.6) is 0 Å². The van der Waals surface area contributed by atoms with E-state index in [1.165, 1.54) is 6.07 Å². The molecule has 0 amide bonds. The zero-order valence-corrected chi connectivity index (χ0v) is 18.6. The highest BCUT2D eigenvalue weighted by Crippen LogP contribution is 2.47. The van der Waals surface area contributed by atoms with Crippen LogP contribution in [0.4, 0.5) is 4.39 Å². The van der Waals surface area contributed by atoms with Crippen LogP contribution in [0.2, 0.25) is 0 Å². The minimum atomic E-state index is -0.153. The van der Waals surface area contributed by atoms with Crippen LogP contribution < -0.4 is 10.6 Å². The first-order valence-corrected chi connectivity index (χ1v) is 9.41. The van der Waals surface area contributed by atoms with Crippen molar-refractivity contribution in [2.24, 2.45) is 10.9 Å². The van der Waals surface area contributed by atoms with Gasteiger partial charge in [-0.1, -0.05) is 19.1 Å². The first kappa shape index (κ1) is 21.4. The molecule has 2 unspecified atom stereocenters. The first-order chi connectivity index (χ1) is 11.9. The predicted octanol–water partition coefficient (Wildman–Crippen LogP) is 3.37. The van der Waals surface area contributed by atoms with Crippen LogP contribution in [0.1, 0.15) is 39.2 Å². The fourth-order valence-electron chi connectivity index (χ4n) is 3.77. The molecule has 146 valence electrons. The molecule has 2 atom stereocenters. The molecular formula is C20H32FIN4. The number of aliphatic imine (C=N–C) groups is 1. The number of likely N-dealkylation sites (tertiary alicyclic amines) is 1. The van der Waals surface area contributed by atoms with Gasteiger partial charge >= 0.3 is 0 Å². The lowest BCUT2D eigenvalue weighted by Gasteiger charge is -2.23. The average Bonchev–Trinajstić information content (AvgIpc) is 3.29. The highest BCUT2D eigenvalue weighted by Gasteiger charge is 2.44. The third-order valence-electron chi connectivity index (χ3n) is 5.80. The van der Waals surface area contributed by atoms with Crippen LogP contribution in [0.15, 0.2) is 29.3 Å². The molecular weight excluding hydrogens is 442 g/mol. The topological polar surface area (TPSA) is 39.7 Å². The van der Waals surface area contributed by atoms with E-state index in [4.69, 9.17) is 0 Å². The van der Waals surface area contributed by atoms with Crippen LogP contribution in [0, 0.1) is 11.7 Å². The molecule has 1 saturated heterocycles. The number of guanidine groups is 1. The van der Waals surface area contributed by atoms with Crippen LogP contribution in [0.3, 0.4) is 0 Å². The highest BCUT2D eigenvalue weighted by molar-refractivity contribution is 14.0. The van der Waals surface area contributed by atoms with Crippen molar-refractivity contribution < 1.29 is 4.39 Å². The van der Waals surface area contributed by atoms with Crippen molar-refractivity contribution in [1.29, 1.82) is 0 Å². The molecule has 4 nitrogen and oxygen atoms in total. The number of halogens is 2. The predicted molar refractivity (Wildman–Crippen MR) is 117 cm³/mol. The van der Waals surface area contributed by atoms with Crippen molar-refractivity contribution in [3.8, 4) is 0 Å². The van der Waals surface area contributed by atoms with Gasteiger partial charge < -0.3 is 10.6 Å². The minimum absolute atomic E-state index is 0. The second-order valence-corrected chi connectivity index (χ2v) is 7.99. The van der Waals surface area contributed by atoms with E-state index in [2.05, 4.69) is 41.3 Å². The normalized spacial score (nSPS) is 25.1. The molecule has 3 rings (SSSR count). The fourth-order valence-corrected chi connectivity index (χ4v) is 3.77. The van der Waals surface area contributed by atoms with Gasteiger partial charge in [-0.15, -0.1) is 24.0 Å². The summed E-state index contributed by atoms with van der Waals surface area (Å²) in [6.45, 7) is 9.76. The summed E-state index contributed by atoms with van der Waals surface area (Å²) >= 11 is 0. The lowest BCUT2D eigenvalue weighted by Crippen LogP contribution is -2.48. The zero-order chi connectivity index (χ0) is 18.0. The molecule has 0 spiro atoms. The maximum absolute atomic E-state index is 13.5. The van der Waals surface area contributed by atoms with Crippen molar-refractivity contribution in [2.45, 2.75) is 51.1 Å². The number of rotatable bonds is 5. The van der Waals surface area contributed by atoms with Crippen molar-refractivity contribution >= 4 is 29.9 Å². The lowest BCUT2D eigenvalue weighted by atomic mass is 9.96. The van der Waals surface area contributed by atoms with E-state index in [-0.39, 0.29) is 35.2 Å². The molecule has 0 aromatic heterocycles. The van der Waals surface area contributed by atoms with Gasteiger partial charge in [0.25, 0.3) is 0 Å². The minimum Gasteiger partial charge on any atom is -0.356 e. The van der Waals surface area contributed by atoms with Crippen LogP contribution >= 0.6 is 24.0 Å². The molecule has 26 heavy (non-hydrogen) atoms. The summed E-state index contributed by atoms with van der Waals surface area (Å²) in [7, 11) is 1.82. The van der Waals surface area contributed by atoms with Gasteiger partial charge in [-0.2, -0.15) is 0 Å². The SMILES string of the molecule is CN=C(NCC1(c2cccc(F)c2)CC1)NC1CN(C(C)C)CC1C.I. The van der Waals surface area contributed by atoms with E-state index >= 15 is 0 Å². The van der Waals surface area contributed by atoms with Crippen LogP contribution in [0.25, 0.3) is 0 Å². The summed E-state index contributed by atoms with van der Waals surface area (Å²) in [6.07, 6.45) is 2.20. The molecule has 0 bridgehead atoms. The van der Waals surface area contributed by atoms with E-state index < -0.39 is 0 Å². The summed E-state index contributed by atoms with van der Waals surface area (Å²) in [5.41, 5.74) is 1.15. The molecule has 1 aromatic rings. The Balaban J connectivity index is 0.00000243. The Bertz CT molecular complexity index is 630. The van der Waals surface area contributed by atoms with Gasteiger partial charge in [0.15, 0.2) is 5.96 Å². The standard InChI is InChI=1S/C20H31FN4.HI/c1-14(2)25-11-15(3)18(12-25)24-19(22-4)23-13-20(8-9-20)16-6-5-7-17(21)10-16;/h5-7,10,14-15,18H,8-9,11-13H2,1-4H3,(H2,22,23,24);1H. The highest BCUT2D eigenvalue weighted by atomic mass is 127. The Kier molecular flexibility index (Phi) is 7.30. The largest absolute Gasteiger partial charge is 0.356 e. The molecule has 2 fully saturated rings. The molecule has 1 aromatic carbocycles. The second kappa shape index (κ2) is 8.87. The van der Waals surface area contributed by atoms with E-state index in [0.717, 1.165) is 44.0 Å². The Morgan fingerprint density at radius 2 is 2.08 bits per heavy atom. The Hall–Kier alpha value is -0.890. The van der Waals surface area contributed by atoms with Crippen LogP contribution in [-0.2, 0) is 5.41 Å². The molecule has 2 N–H and O–H groups in total. The summed E-state index contributed by atoms with van der Waals surface area (Å²) in [6, 6.07) is 8.01. The number of hydrogen-bond acceptors (Lipinski definition) is 2. The quantitative estimate of drug-likeness (QED) is 0.391. The Morgan fingerprint density at radius 1 is 1.35 bits per heavy atom. The smallest absolute Gasteiger partial charge is 0.191 e. The molecule has 6 heteroatoms. The van der Waals surface area contributed by atoms with E-state index in [0.29, 0.717) is 18.0 Å². The summed E-state index contributed by atoms with van der Waals surface area (Å²) < 4.78 is 13.5. The maximum atomic E-state index is 13.5. The number of nitrogens with zero attached hydrogens (tertiary/aromatic N) is 2. The van der Waals surface area contributed by atoms with E-state index in [9.17, 15) is 4.39 Å². The number of benzene rings is 1. The van der Waals surface area contributed by atoms with Crippen molar-refractivity contribution in [2.75, 3.05) is 26.7 Å². The summed E-state index contributed by atoms with van der Waals surface area (Å²) in [4.78, 5) is 6.90. The molecule has 1 saturated carbocycles. The molecule has 1 heterocycles. The summed E-state index contributed by atoms with van der Waals surface area (Å²) in [5.74, 6) is 1.30. The van der Waals surface area contributed by atoms with Crippen molar-refractivity contribution in [3.05, 3.63) is 35.6 Å². The summed E-state index contributed by atoms with van der Waals surface area (Å²) in [5, 5.41) is 7.07. The van der Waals surface area contributed by atoms with E-state index in [1.54, 1.807) is 12.1 Å². The van der Waals surface area contributed by atoms with Gasteiger partial charge in [0, 0.05) is 44.2 Å².